The SMILES string of the molecule is Cc1cc(CNC(=O)OC(C)(C)C)cnc1N(C)C. The molecule has 0 saturated carbocycles. The lowest BCUT2D eigenvalue weighted by Gasteiger charge is -2.20. The highest BCUT2D eigenvalue weighted by atomic mass is 16.6. The molecule has 1 rings (SSSR count). The number of aryl methyl sites for hydroxylation is 1. The lowest BCUT2D eigenvalue weighted by Crippen LogP contribution is -2.32. The fourth-order valence-electron chi connectivity index (χ4n) is 1.68. The first-order valence-corrected chi connectivity index (χ1v) is 6.29. The maximum Gasteiger partial charge on any atom is 0.407 e. The Balaban J connectivity index is 2.59. The molecule has 0 bridgehead atoms. The zero-order chi connectivity index (χ0) is 14.6. The number of aromatic nitrogens is 1. The van der Waals surface area contributed by atoms with Crippen LogP contribution >= 0.6 is 0 Å². The molecule has 0 radical (unpaired) electrons. The summed E-state index contributed by atoms with van der Waals surface area (Å²) < 4.78 is 5.17. The van der Waals surface area contributed by atoms with Crippen molar-refractivity contribution in [2.45, 2.75) is 39.8 Å². The zero-order valence-electron chi connectivity index (χ0n) is 12.6. The molecule has 0 fully saturated rings. The summed E-state index contributed by atoms with van der Waals surface area (Å²) in [5.41, 5.74) is 1.55. The number of ether oxygens (including phenoxy) is 1. The minimum atomic E-state index is -0.479. The Morgan fingerprint density at radius 3 is 2.53 bits per heavy atom. The molecule has 5 nitrogen and oxygen atoms in total. The molecule has 0 atom stereocenters. The molecule has 0 unspecified atom stereocenters. The number of amides is 1. The number of nitrogens with one attached hydrogen (secondary N) is 1. The van der Waals surface area contributed by atoms with E-state index < -0.39 is 11.7 Å². The van der Waals surface area contributed by atoms with Crippen LogP contribution in [0.4, 0.5) is 10.6 Å². The Bertz CT molecular complexity index is 450. The number of anilines is 1. The van der Waals surface area contributed by atoms with Gasteiger partial charge in [-0.3, -0.25) is 0 Å². The molecule has 1 amide bonds. The van der Waals surface area contributed by atoms with Gasteiger partial charge in [-0.25, -0.2) is 9.78 Å². The van der Waals surface area contributed by atoms with Crippen LogP contribution in [0.1, 0.15) is 31.9 Å². The molecular weight excluding hydrogens is 242 g/mol. The number of rotatable bonds is 3. The Morgan fingerprint density at radius 1 is 1.42 bits per heavy atom. The van der Waals surface area contributed by atoms with Gasteiger partial charge in [0, 0.05) is 26.8 Å². The van der Waals surface area contributed by atoms with Crippen LogP contribution in [0.25, 0.3) is 0 Å². The van der Waals surface area contributed by atoms with Gasteiger partial charge in [0.15, 0.2) is 0 Å². The first kappa shape index (κ1) is 15.3. The monoisotopic (exact) mass is 265 g/mol. The van der Waals surface area contributed by atoms with Crippen LogP contribution < -0.4 is 10.2 Å². The third kappa shape index (κ3) is 5.16. The summed E-state index contributed by atoms with van der Waals surface area (Å²) in [6, 6.07) is 2.01. The van der Waals surface area contributed by atoms with Gasteiger partial charge in [-0.05, 0) is 44.9 Å². The molecule has 1 aromatic rings. The molecule has 1 N–H and O–H groups in total. The molecule has 1 aromatic heterocycles. The molecule has 5 heteroatoms. The Morgan fingerprint density at radius 2 is 2.05 bits per heavy atom. The highest BCUT2D eigenvalue weighted by Crippen LogP contribution is 2.15. The topological polar surface area (TPSA) is 54.5 Å². The van der Waals surface area contributed by atoms with Crippen molar-refractivity contribution in [3.63, 3.8) is 0 Å². The molecule has 0 spiro atoms. The molecule has 19 heavy (non-hydrogen) atoms. The summed E-state index contributed by atoms with van der Waals surface area (Å²) in [7, 11) is 3.90. The molecule has 0 aromatic carbocycles. The van der Waals surface area contributed by atoms with E-state index in [0.29, 0.717) is 6.54 Å². The van der Waals surface area contributed by atoms with E-state index in [1.165, 1.54) is 0 Å². The average Bonchev–Trinajstić information content (AvgIpc) is 2.23. The molecular formula is C14H23N3O2. The molecule has 1 heterocycles. The van der Waals surface area contributed by atoms with Crippen molar-refractivity contribution in [1.82, 2.24) is 10.3 Å². The number of nitrogens with zero attached hydrogens (tertiary/aromatic N) is 2. The first-order valence-electron chi connectivity index (χ1n) is 6.29. The van der Waals surface area contributed by atoms with Gasteiger partial charge >= 0.3 is 6.09 Å². The van der Waals surface area contributed by atoms with Crippen molar-refractivity contribution in [2.24, 2.45) is 0 Å². The van der Waals surface area contributed by atoms with Gasteiger partial charge in [0.1, 0.15) is 11.4 Å². The van der Waals surface area contributed by atoms with Crippen LogP contribution in [0.15, 0.2) is 12.3 Å². The van der Waals surface area contributed by atoms with Crippen LogP contribution in [-0.2, 0) is 11.3 Å². The quantitative estimate of drug-likeness (QED) is 0.912. The summed E-state index contributed by atoms with van der Waals surface area (Å²) >= 11 is 0. The maximum absolute atomic E-state index is 11.5. The first-order chi connectivity index (χ1) is 8.69. The summed E-state index contributed by atoms with van der Waals surface area (Å²) in [4.78, 5) is 17.9. The van der Waals surface area contributed by atoms with Crippen LogP contribution in [0.5, 0.6) is 0 Å². The number of pyridine rings is 1. The number of hydrogen-bond donors (Lipinski definition) is 1. The van der Waals surface area contributed by atoms with E-state index in [9.17, 15) is 4.79 Å². The van der Waals surface area contributed by atoms with E-state index >= 15 is 0 Å². The van der Waals surface area contributed by atoms with Gasteiger partial charge < -0.3 is 15.0 Å². The van der Waals surface area contributed by atoms with E-state index in [-0.39, 0.29) is 0 Å². The number of carbonyl (C=O) groups excluding carboxylic acids is 1. The van der Waals surface area contributed by atoms with Gasteiger partial charge in [0.05, 0.1) is 0 Å². The largest absolute Gasteiger partial charge is 0.444 e. The average molecular weight is 265 g/mol. The highest BCUT2D eigenvalue weighted by Gasteiger charge is 2.15. The second-order valence-corrected chi connectivity index (χ2v) is 5.73. The fraction of sp³-hybridized carbons (Fsp3) is 0.571. The number of carbonyl (C=O) groups is 1. The molecule has 0 aliphatic carbocycles. The van der Waals surface area contributed by atoms with Crippen molar-refractivity contribution < 1.29 is 9.53 Å². The van der Waals surface area contributed by atoms with E-state index in [4.69, 9.17) is 4.74 Å². The summed E-state index contributed by atoms with van der Waals surface area (Å²) in [6.07, 6.45) is 1.35. The van der Waals surface area contributed by atoms with Crippen LogP contribution in [0.3, 0.4) is 0 Å². The van der Waals surface area contributed by atoms with Crippen molar-refractivity contribution >= 4 is 11.9 Å². The highest BCUT2D eigenvalue weighted by molar-refractivity contribution is 5.67. The van der Waals surface area contributed by atoms with Crippen molar-refractivity contribution in [1.29, 1.82) is 0 Å². The molecule has 106 valence electrons. The Labute approximate surface area is 115 Å². The van der Waals surface area contributed by atoms with E-state index in [2.05, 4.69) is 10.3 Å². The van der Waals surface area contributed by atoms with E-state index in [0.717, 1.165) is 16.9 Å². The predicted octanol–water partition coefficient (Wildman–Crippen LogP) is 2.48. The Hall–Kier alpha value is -1.78. The fourth-order valence-corrected chi connectivity index (χ4v) is 1.68. The number of hydrogen-bond acceptors (Lipinski definition) is 4. The summed E-state index contributed by atoms with van der Waals surface area (Å²) in [5, 5.41) is 2.72. The van der Waals surface area contributed by atoms with Gasteiger partial charge in [-0.15, -0.1) is 0 Å². The van der Waals surface area contributed by atoms with Crippen molar-refractivity contribution in [3.05, 3.63) is 23.4 Å². The predicted molar refractivity (Wildman–Crippen MR) is 76.4 cm³/mol. The van der Waals surface area contributed by atoms with Gasteiger partial charge in [0.2, 0.25) is 0 Å². The van der Waals surface area contributed by atoms with Crippen molar-refractivity contribution in [3.8, 4) is 0 Å². The lowest BCUT2D eigenvalue weighted by atomic mass is 10.2. The van der Waals surface area contributed by atoms with Crippen LogP contribution in [0, 0.1) is 6.92 Å². The zero-order valence-corrected chi connectivity index (χ0v) is 12.6. The maximum atomic E-state index is 11.5. The third-order valence-electron chi connectivity index (χ3n) is 2.37. The minimum Gasteiger partial charge on any atom is -0.444 e. The second-order valence-electron chi connectivity index (χ2n) is 5.73. The van der Waals surface area contributed by atoms with Crippen LogP contribution in [-0.4, -0.2) is 30.8 Å². The van der Waals surface area contributed by atoms with Gasteiger partial charge in [-0.1, -0.05) is 0 Å². The van der Waals surface area contributed by atoms with Crippen LogP contribution in [0.2, 0.25) is 0 Å². The van der Waals surface area contributed by atoms with Gasteiger partial charge in [0.25, 0.3) is 0 Å². The Kier molecular flexibility index (Phi) is 4.75. The van der Waals surface area contributed by atoms with E-state index in [1.807, 2.05) is 52.8 Å². The van der Waals surface area contributed by atoms with Crippen molar-refractivity contribution in [2.75, 3.05) is 19.0 Å². The summed E-state index contributed by atoms with van der Waals surface area (Å²) in [6.45, 7) is 7.92. The smallest absolute Gasteiger partial charge is 0.407 e. The summed E-state index contributed by atoms with van der Waals surface area (Å²) in [5.74, 6) is 0.931. The van der Waals surface area contributed by atoms with Gasteiger partial charge in [-0.2, -0.15) is 0 Å². The standard InChI is InChI=1S/C14H23N3O2/c1-10-7-11(8-15-12(10)17(5)6)9-16-13(18)19-14(2,3)4/h7-8H,9H2,1-6H3,(H,16,18). The normalized spacial score (nSPS) is 11.1. The second kappa shape index (κ2) is 5.91. The lowest BCUT2D eigenvalue weighted by molar-refractivity contribution is 0.0523. The molecule has 0 aliphatic rings. The minimum absolute atomic E-state index is 0.413. The number of alkyl carbamates (subject to hydrolysis) is 1. The van der Waals surface area contributed by atoms with E-state index in [1.54, 1.807) is 6.20 Å². The molecule has 0 aliphatic heterocycles. The molecule has 0 saturated heterocycles. The third-order valence-corrected chi connectivity index (χ3v) is 2.37.